The Labute approximate surface area is 127 Å². The lowest BCUT2D eigenvalue weighted by Crippen LogP contribution is -2.45. The highest BCUT2D eigenvalue weighted by molar-refractivity contribution is 5.94. The van der Waals surface area contributed by atoms with Crippen LogP contribution in [0.5, 0.6) is 0 Å². The van der Waals surface area contributed by atoms with Crippen LogP contribution >= 0.6 is 0 Å². The van der Waals surface area contributed by atoms with Gasteiger partial charge in [0.2, 0.25) is 0 Å². The molecule has 0 spiro atoms. The van der Waals surface area contributed by atoms with E-state index in [1.54, 1.807) is 0 Å². The molecular formula is C19H23NO. The highest BCUT2D eigenvalue weighted by atomic mass is 16.1. The van der Waals surface area contributed by atoms with Gasteiger partial charge in [-0.2, -0.15) is 0 Å². The van der Waals surface area contributed by atoms with Crippen LogP contribution < -0.4 is 5.32 Å². The van der Waals surface area contributed by atoms with Crippen LogP contribution in [0.3, 0.4) is 0 Å². The van der Waals surface area contributed by atoms with Gasteiger partial charge < -0.3 is 5.32 Å². The van der Waals surface area contributed by atoms with E-state index in [1.165, 1.54) is 11.1 Å². The molecule has 2 aromatic carbocycles. The Morgan fingerprint density at radius 3 is 2.33 bits per heavy atom. The van der Waals surface area contributed by atoms with Crippen LogP contribution in [0.2, 0.25) is 0 Å². The molecule has 2 heteroatoms. The molecule has 110 valence electrons. The first kappa shape index (κ1) is 15.3. The molecule has 0 saturated heterocycles. The van der Waals surface area contributed by atoms with Crippen LogP contribution in [0, 0.1) is 0 Å². The number of carbonyl (C=O) groups excluding carboxylic acids is 1. The number of amides is 1. The predicted molar refractivity (Wildman–Crippen MR) is 87.5 cm³/mol. The number of hydrogen-bond acceptors (Lipinski definition) is 1. The minimum Gasteiger partial charge on any atom is -0.347 e. The molecule has 0 heterocycles. The number of nitrogens with one attached hydrogen (secondary N) is 1. The average Bonchev–Trinajstić information content (AvgIpc) is 2.47. The number of carbonyl (C=O) groups is 1. The first-order valence-electron chi connectivity index (χ1n) is 7.45. The number of rotatable bonds is 5. The van der Waals surface area contributed by atoms with Gasteiger partial charge in [0, 0.05) is 11.1 Å². The van der Waals surface area contributed by atoms with Gasteiger partial charge in [0.1, 0.15) is 0 Å². The topological polar surface area (TPSA) is 29.1 Å². The van der Waals surface area contributed by atoms with Gasteiger partial charge in [-0.25, -0.2) is 0 Å². The summed E-state index contributed by atoms with van der Waals surface area (Å²) in [4.78, 5) is 12.3. The summed E-state index contributed by atoms with van der Waals surface area (Å²) < 4.78 is 0. The molecule has 0 bridgehead atoms. The van der Waals surface area contributed by atoms with Crippen molar-refractivity contribution in [2.45, 2.75) is 39.2 Å². The quantitative estimate of drug-likeness (QED) is 0.881. The molecule has 0 saturated carbocycles. The van der Waals surface area contributed by atoms with E-state index in [1.807, 2.05) is 30.3 Å². The van der Waals surface area contributed by atoms with Crippen molar-refractivity contribution in [3.8, 4) is 0 Å². The molecule has 0 aliphatic carbocycles. The molecule has 2 nitrogen and oxygen atoms in total. The van der Waals surface area contributed by atoms with E-state index in [9.17, 15) is 4.79 Å². The molecule has 0 atom stereocenters. The summed E-state index contributed by atoms with van der Waals surface area (Å²) in [5, 5.41) is 3.12. The molecule has 21 heavy (non-hydrogen) atoms. The molecule has 1 amide bonds. The Hall–Kier alpha value is -2.09. The second-order valence-corrected chi connectivity index (χ2v) is 6.05. The maximum Gasteiger partial charge on any atom is 0.251 e. The monoisotopic (exact) mass is 281 g/mol. The maximum atomic E-state index is 12.3. The second kappa shape index (κ2) is 6.57. The Morgan fingerprint density at radius 1 is 1.00 bits per heavy atom. The van der Waals surface area contributed by atoms with E-state index in [-0.39, 0.29) is 11.4 Å². The average molecular weight is 281 g/mol. The molecule has 2 rings (SSSR count). The van der Waals surface area contributed by atoms with Gasteiger partial charge in [-0.15, -0.1) is 0 Å². The van der Waals surface area contributed by atoms with Crippen molar-refractivity contribution < 1.29 is 4.79 Å². The molecule has 0 radical (unpaired) electrons. The summed E-state index contributed by atoms with van der Waals surface area (Å²) >= 11 is 0. The van der Waals surface area contributed by atoms with Gasteiger partial charge in [-0.3, -0.25) is 4.79 Å². The summed E-state index contributed by atoms with van der Waals surface area (Å²) in [6, 6.07) is 17.9. The fraction of sp³-hybridized carbons (Fsp3) is 0.316. The van der Waals surface area contributed by atoms with Crippen molar-refractivity contribution in [2.75, 3.05) is 0 Å². The molecule has 0 fully saturated rings. The zero-order valence-corrected chi connectivity index (χ0v) is 13.0. The van der Waals surface area contributed by atoms with E-state index in [4.69, 9.17) is 0 Å². The molecule has 0 aliphatic heterocycles. The van der Waals surface area contributed by atoms with Crippen molar-refractivity contribution in [1.82, 2.24) is 5.32 Å². The lowest BCUT2D eigenvalue weighted by atomic mass is 9.93. The van der Waals surface area contributed by atoms with Crippen molar-refractivity contribution in [3.05, 3.63) is 71.3 Å². The van der Waals surface area contributed by atoms with Crippen molar-refractivity contribution >= 4 is 5.91 Å². The zero-order chi connectivity index (χ0) is 15.3. The van der Waals surface area contributed by atoms with Gasteiger partial charge in [0.25, 0.3) is 5.91 Å². The predicted octanol–water partition coefficient (Wildman–Crippen LogP) is 4.00. The Kier molecular flexibility index (Phi) is 4.79. The fourth-order valence-corrected chi connectivity index (χ4v) is 2.48. The SMILES string of the molecule is CCc1cccc(CC(C)(C)NC(=O)c2ccccc2)c1. The summed E-state index contributed by atoms with van der Waals surface area (Å²) in [5.74, 6) is -0.0211. The normalized spacial score (nSPS) is 11.2. The first-order chi connectivity index (χ1) is 10.00. The van der Waals surface area contributed by atoms with Crippen LogP contribution in [0.4, 0.5) is 0 Å². The number of aryl methyl sites for hydroxylation is 1. The Balaban J connectivity index is 2.06. The van der Waals surface area contributed by atoms with E-state index in [2.05, 4.69) is 50.4 Å². The summed E-state index contributed by atoms with van der Waals surface area (Å²) in [6.45, 7) is 6.28. The molecule has 0 aromatic heterocycles. The maximum absolute atomic E-state index is 12.3. The van der Waals surface area contributed by atoms with Gasteiger partial charge in [0.15, 0.2) is 0 Å². The van der Waals surface area contributed by atoms with E-state index >= 15 is 0 Å². The zero-order valence-electron chi connectivity index (χ0n) is 13.0. The third-order valence-corrected chi connectivity index (χ3v) is 3.53. The molecule has 0 aliphatic rings. The Morgan fingerprint density at radius 2 is 1.67 bits per heavy atom. The van der Waals surface area contributed by atoms with Crippen LogP contribution in [0.1, 0.15) is 42.3 Å². The molecule has 0 unspecified atom stereocenters. The lowest BCUT2D eigenvalue weighted by Gasteiger charge is -2.26. The largest absolute Gasteiger partial charge is 0.347 e. The minimum absolute atomic E-state index is 0.0211. The first-order valence-corrected chi connectivity index (χ1v) is 7.45. The standard InChI is InChI=1S/C19H23NO/c1-4-15-9-8-10-16(13-15)14-19(2,3)20-18(21)17-11-6-5-7-12-17/h5-13H,4,14H2,1-3H3,(H,20,21). The molecular weight excluding hydrogens is 258 g/mol. The van der Waals surface area contributed by atoms with Crippen molar-refractivity contribution in [2.24, 2.45) is 0 Å². The summed E-state index contributed by atoms with van der Waals surface area (Å²) in [5.41, 5.74) is 3.01. The number of hydrogen-bond donors (Lipinski definition) is 1. The summed E-state index contributed by atoms with van der Waals surface area (Å²) in [7, 11) is 0. The van der Waals surface area contributed by atoms with Gasteiger partial charge in [-0.05, 0) is 49.9 Å². The number of benzene rings is 2. The van der Waals surface area contributed by atoms with E-state index in [0.29, 0.717) is 5.56 Å². The summed E-state index contributed by atoms with van der Waals surface area (Å²) in [6.07, 6.45) is 1.85. The third-order valence-electron chi connectivity index (χ3n) is 3.53. The Bertz CT molecular complexity index is 602. The van der Waals surface area contributed by atoms with Crippen LogP contribution in [0.15, 0.2) is 54.6 Å². The van der Waals surface area contributed by atoms with E-state index in [0.717, 1.165) is 12.8 Å². The highest BCUT2D eigenvalue weighted by Gasteiger charge is 2.21. The smallest absolute Gasteiger partial charge is 0.251 e. The van der Waals surface area contributed by atoms with Gasteiger partial charge in [-0.1, -0.05) is 49.4 Å². The highest BCUT2D eigenvalue weighted by Crippen LogP contribution is 2.15. The van der Waals surface area contributed by atoms with Crippen LogP contribution in [-0.2, 0) is 12.8 Å². The van der Waals surface area contributed by atoms with Gasteiger partial charge >= 0.3 is 0 Å². The van der Waals surface area contributed by atoms with Crippen molar-refractivity contribution in [1.29, 1.82) is 0 Å². The van der Waals surface area contributed by atoms with E-state index < -0.39 is 0 Å². The minimum atomic E-state index is -0.278. The lowest BCUT2D eigenvalue weighted by molar-refractivity contribution is 0.0913. The molecule has 1 N–H and O–H groups in total. The second-order valence-electron chi connectivity index (χ2n) is 6.05. The van der Waals surface area contributed by atoms with Crippen LogP contribution in [0.25, 0.3) is 0 Å². The molecule has 2 aromatic rings. The van der Waals surface area contributed by atoms with Crippen LogP contribution in [-0.4, -0.2) is 11.4 Å². The van der Waals surface area contributed by atoms with Crippen molar-refractivity contribution in [3.63, 3.8) is 0 Å². The fourth-order valence-electron chi connectivity index (χ4n) is 2.48. The van der Waals surface area contributed by atoms with Gasteiger partial charge in [0.05, 0.1) is 0 Å². The third kappa shape index (κ3) is 4.45.